The Morgan fingerprint density at radius 2 is 2.25 bits per heavy atom. The summed E-state index contributed by atoms with van der Waals surface area (Å²) < 4.78 is 0.968. The van der Waals surface area contributed by atoms with Crippen molar-refractivity contribution in [2.45, 2.75) is 19.8 Å². The van der Waals surface area contributed by atoms with Crippen LogP contribution >= 0.6 is 39.7 Å². The third kappa shape index (κ3) is 4.68. The Kier molecular flexibility index (Phi) is 6.09. The number of rotatable bonds is 4. The van der Waals surface area contributed by atoms with E-state index < -0.39 is 0 Å². The van der Waals surface area contributed by atoms with Crippen molar-refractivity contribution in [3.05, 3.63) is 27.7 Å². The second kappa shape index (κ2) is 7.09. The smallest absolute Gasteiger partial charge is 0.170 e. The van der Waals surface area contributed by atoms with Crippen LogP contribution in [0.25, 0.3) is 0 Å². The van der Waals surface area contributed by atoms with Crippen molar-refractivity contribution in [1.29, 1.82) is 0 Å². The van der Waals surface area contributed by atoms with E-state index in [0.717, 1.165) is 29.5 Å². The number of hydrogen-bond donors (Lipinski definition) is 2. The molecule has 16 heavy (non-hydrogen) atoms. The van der Waals surface area contributed by atoms with E-state index in [2.05, 4.69) is 33.5 Å². The maximum atomic E-state index is 6.03. The molecule has 5 heteroatoms. The van der Waals surface area contributed by atoms with Crippen molar-refractivity contribution in [1.82, 2.24) is 5.32 Å². The lowest BCUT2D eigenvalue weighted by Gasteiger charge is -2.11. The Hall–Kier alpha value is -0.320. The van der Waals surface area contributed by atoms with Gasteiger partial charge >= 0.3 is 0 Å². The van der Waals surface area contributed by atoms with Gasteiger partial charge in [-0.1, -0.05) is 40.9 Å². The van der Waals surface area contributed by atoms with Crippen LogP contribution < -0.4 is 10.6 Å². The molecule has 0 heterocycles. The predicted octanol–water partition coefficient (Wildman–Crippen LogP) is 4.19. The zero-order chi connectivity index (χ0) is 12.0. The van der Waals surface area contributed by atoms with Gasteiger partial charge in [0.05, 0.1) is 10.7 Å². The Morgan fingerprint density at radius 3 is 2.94 bits per heavy atom. The van der Waals surface area contributed by atoms with Crippen LogP contribution in [0.3, 0.4) is 0 Å². The fourth-order valence-corrected chi connectivity index (χ4v) is 1.88. The molecule has 0 aliphatic carbocycles. The van der Waals surface area contributed by atoms with Gasteiger partial charge in [0.1, 0.15) is 0 Å². The molecule has 0 aromatic heterocycles. The minimum absolute atomic E-state index is 0.605. The van der Waals surface area contributed by atoms with Crippen molar-refractivity contribution in [3.63, 3.8) is 0 Å². The molecule has 0 bridgehead atoms. The zero-order valence-electron chi connectivity index (χ0n) is 9.02. The second-order valence-corrected chi connectivity index (χ2v) is 5.09. The first kappa shape index (κ1) is 13.7. The number of benzene rings is 1. The van der Waals surface area contributed by atoms with Crippen molar-refractivity contribution in [2.75, 3.05) is 11.9 Å². The topological polar surface area (TPSA) is 24.1 Å². The van der Waals surface area contributed by atoms with Crippen molar-refractivity contribution in [2.24, 2.45) is 0 Å². The van der Waals surface area contributed by atoms with E-state index in [1.54, 1.807) is 0 Å². The zero-order valence-corrected chi connectivity index (χ0v) is 12.2. The van der Waals surface area contributed by atoms with Crippen LogP contribution in [0.5, 0.6) is 0 Å². The van der Waals surface area contributed by atoms with Crippen LogP contribution in [0.4, 0.5) is 5.69 Å². The van der Waals surface area contributed by atoms with E-state index >= 15 is 0 Å². The molecule has 0 aliphatic heterocycles. The molecule has 0 saturated heterocycles. The molecule has 88 valence electrons. The normalized spacial score (nSPS) is 9.94. The monoisotopic (exact) mass is 320 g/mol. The first-order valence-corrected chi connectivity index (χ1v) is 6.71. The molecule has 1 aromatic carbocycles. The Bertz CT molecular complexity index is 371. The van der Waals surface area contributed by atoms with Crippen molar-refractivity contribution >= 4 is 50.5 Å². The largest absolute Gasteiger partial charge is 0.362 e. The molecule has 0 radical (unpaired) electrons. The van der Waals surface area contributed by atoms with Gasteiger partial charge in [-0.15, -0.1) is 0 Å². The highest BCUT2D eigenvalue weighted by Crippen LogP contribution is 2.25. The van der Waals surface area contributed by atoms with E-state index in [9.17, 15) is 0 Å². The number of anilines is 1. The molecule has 2 nitrogen and oxygen atoms in total. The lowest BCUT2D eigenvalue weighted by molar-refractivity contribution is 0.758. The van der Waals surface area contributed by atoms with Gasteiger partial charge in [-0.25, -0.2) is 0 Å². The lowest BCUT2D eigenvalue weighted by Crippen LogP contribution is -2.29. The number of halogens is 2. The minimum Gasteiger partial charge on any atom is -0.362 e. The molecular weight excluding hydrogens is 308 g/mol. The molecule has 0 aliphatic rings. The summed E-state index contributed by atoms with van der Waals surface area (Å²) in [7, 11) is 0. The Balaban J connectivity index is 2.52. The average molecular weight is 322 g/mol. The number of hydrogen-bond acceptors (Lipinski definition) is 1. The minimum atomic E-state index is 0.605. The van der Waals surface area contributed by atoms with Gasteiger partial charge in [0.25, 0.3) is 0 Å². The summed E-state index contributed by atoms with van der Waals surface area (Å²) in [6.45, 7) is 3.03. The van der Waals surface area contributed by atoms with Gasteiger partial charge in [-0.05, 0) is 36.8 Å². The van der Waals surface area contributed by atoms with E-state index in [4.69, 9.17) is 23.8 Å². The summed E-state index contributed by atoms with van der Waals surface area (Å²) in [6.07, 6.45) is 2.25. The van der Waals surface area contributed by atoms with Gasteiger partial charge in [-0.2, -0.15) is 0 Å². The van der Waals surface area contributed by atoms with E-state index in [1.807, 2.05) is 18.2 Å². The standard InChI is InChI=1S/C11H14BrClN2S/c1-2-3-6-14-11(16)15-10-7-8(12)4-5-9(10)13/h4-5,7H,2-3,6H2,1H3,(H2,14,15,16). The fourth-order valence-electron chi connectivity index (χ4n) is 1.14. The maximum absolute atomic E-state index is 6.03. The molecular formula is C11H14BrClN2S. The van der Waals surface area contributed by atoms with Crippen LogP contribution in [0.2, 0.25) is 5.02 Å². The number of thiocarbonyl (C=S) groups is 1. The van der Waals surface area contributed by atoms with E-state index in [-0.39, 0.29) is 0 Å². The highest BCUT2D eigenvalue weighted by Gasteiger charge is 2.02. The first-order valence-electron chi connectivity index (χ1n) is 5.13. The van der Waals surface area contributed by atoms with Gasteiger partial charge in [0, 0.05) is 11.0 Å². The summed E-state index contributed by atoms with van der Waals surface area (Å²) in [6, 6.07) is 5.61. The van der Waals surface area contributed by atoms with Gasteiger partial charge in [-0.3, -0.25) is 0 Å². The molecule has 0 spiro atoms. The molecule has 2 N–H and O–H groups in total. The van der Waals surface area contributed by atoms with Crippen LogP contribution in [-0.2, 0) is 0 Å². The summed E-state index contributed by atoms with van der Waals surface area (Å²) in [5, 5.41) is 7.45. The Morgan fingerprint density at radius 1 is 1.50 bits per heavy atom. The van der Waals surface area contributed by atoms with E-state index in [0.29, 0.717) is 10.1 Å². The molecule has 0 unspecified atom stereocenters. The van der Waals surface area contributed by atoms with Gasteiger partial charge in [0.2, 0.25) is 0 Å². The molecule has 0 saturated carbocycles. The fraction of sp³-hybridized carbons (Fsp3) is 0.364. The third-order valence-electron chi connectivity index (χ3n) is 1.99. The van der Waals surface area contributed by atoms with Gasteiger partial charge in [0.15, 0.2) is 5.11 Å². The van der Waals surface area contributed by atoms with Crippen molar-refractivity contribution < 1.29 is 0 Å². The highest BCUT2D eigenvalue weighted by molar-refractivity contribution is 9.10. The van der Waals surface area contributed by atoms with Crippen LogP contribution in [0.1, 0.15) is 19.8 Å². The molecule has 0 atom stereocenters. The first-order chi connectivity index (χ1) is 7.63. The second-order valence-electron chi connectivity index (χ2n) is 3.36. The molecule has 0 fully saturated rings. The van der Waals surface area contributed by atoms with Gasteiger partial charge < -0.3 is 10.6 Å². The quantitative estimate of drug-likeness (QED) is 0.642. The molecule has 1 rings (SSSR count). The van der Waals surface area contributed by atoms with Crippen LogP contribution in [-0.4, -0.2) is 11.7 Å². The number of nitrogens with one attached hydrogen (secondary N) is 2. The van der Waals surface area contributed by atoms with E-state index in [1.165, 1.54) is 0 Å². The summed E-state index contributed by atoms with van der Waals surface area (Å²) >= 11 is 14.6. The Labute approximate surface area is 115 Å². The van der Waals surface area contributed by atoms with Crippen LogP contribution in [0, 0.1) is 0 Å². The average Bonchev–Trinajstić information content (AvgIpc) is 2.24. The highest BCUT2D eigenvalue weighted by atomic mass is 79.9. The lowest BCUT2D eigenvalue weighted by atomic mass is 10.3. The summed E-state index contributed by atoms with van der Waals surface area (Å²) in [5.74, 6) is 0. The maximum Gasteiger partial charge on any atom is 0.170 e. The van der Waals surface area contributed by atoms with Crippen LogP contribution in [0.15, 0.2) is 22.7 Å². The number of unbranched alkanes of at least 4 members (excludes halogenated alkanes) is 1. The molecule has 0 amide bonds. The van der Waals surface area contributed by atoms with Crippen molar-refractivity contribution in [3.8, 4) is 0 Å². The third-order valence-corrected chi connectivity index (χ3v) is 3.06. The summed E-state index contributed by atoms with van der Waals surface area (Å²) in [5.41, 5.74) is 0.810. The predicted molar refractivity (Wildman–Crippen MR) is 78.3 cm³/mol. The molecule has 1 aromatic rings. The SMILES string of the molecule is CCCCNC(=S)Nc1cc(Br)ccc1Cl. The summed E-state index contributed by atoms with van der Waals surface area (Å²) in [4.78, 5) is 0.